The normalized spacial score (nSPS) is 13.5. The number of hydrogen-bond donors (Lipinski definition) is 2. The molecule has 4 aromatic rings. The second-order valence-electron chi connectivity index (χ2n) is 7.65. The van der Waals surface area contributed by atoms with Crippen molar-refractivity contribution in [1.29, 1.82) is 0 Å². The van der Waals surface area contributed by atoms with E-state index in [1.165, 1.54) is 12.3 Å². The molecule has 1 aliphatic rings. The number of pyridine rings is 2. The van der Waals surface area contributed by atoms with Crippen LogP contribution in [-0.4, -0.2) is 20.9 Å². The molecule has 0 radical (unpaired) electrons. The molecule has 1 saturated carbocycles. The number of halogens is 3. The predicted molar refractivity (Wildman–Crippen MR) is 115 cm³/mol. The topological polar surface area (TPSA) is 70.7 Å². The molecule has 0 saturated heterocycles. The van der Waals surface area contributed by atoms with Crippen LogP contribution in [0.2, 0.25) is 5.02 Å². The number of nitrogens with zero attached hydrogens (tertiary/aromatic N) is 2. The monoisotopic (exact) mass is 438 g/mol. The summed E-state index contributed by atoms with van der Waals surface area (Å²) >= 11 is 6.27. The van der Waals surface area contributed by atoms with E-state index in [-0.39, 0.29) is 12.0 Å². The number of aromatic amines is 1. The second-order valence-corrected chi connectivity index (χ2v) is 8.06. The van der Waals surface area contributed by atoms with E-state index in [4.69, 9.17) is 11.6 Å². The number of benzene rings is 1. The van der Waals surface area contributed by atoms with Crippen LogP contribution in [0.25, 0.3) is 22.2 Å². The highest BCUT2D eigenvalue weighted by atomic mass is 35.5. The summed E-state index contributed by atoms with van der Waals surface area (Å²) in [7, 11) is 0. The third-order valence-corrected chi connectivity index (χ3v) is 5.71. The number of rotatable bonds is 5. The molecule has 0 aliphatic heterocycles. The molecule has 5 rings (SSSR count). The summed E-state index contributed by atoms with van der Waals surface area (Å²) in [4.78, 5) is 23.5. The van der Waals surface area contributed by atoms with Crippen molar-refractivity contribution in [3.05, 3.63) is 76.7 Å². The molecule has 8 heteroatoms. The first kappa shape index (κ1) is 19.6. The number of anilines is 1. The van der Waals surface area contributed by atoms with E-state index in [1.54, 1.807) is 36.7 Å². The van der Waals surface area contributed by atoms with Crippen molar-refractivity contribution >= 4 is 34.4 Å². The molecule has 1 fully saturated rings. The smallest absolute Gasteiger partial charge is 0.230 e. The van der Waals surface area contributed by atoms with Gasteiger partial charge in [0.15, 0.2) is 0 Å². The predicted octanol–water partition coefficient (Wildman–Crippen LogP) is 5.62. The number of aromatic nitrogens is 3. The zero-order valence-corrected chi connectivity index (χ0v) is 17.0. The molecule has 3 aromatic heterocycles. The maximum Gasteiger partial charge on any atom is 0.230 e. The number of H-pyrrole nitrogens is 1. The molecule has 0 bridgehead atoms. The Bertz CT molecular complexity index is 1320. The zero-order valence-electron chi connectivity index (χ0n) is 16.3. The molecule has 5 nitrogen and oxygen atoms in total. The largest absolute Gasteiger partial charge is 0.343 e. The van der Waals surface area contributed by atoms with E-state index in [0.29, 0.717) is 38.9 Å². The minimum atomic E-state index is -0.530. The summed E-state index contributed by atoms with van der Waals surface area (Å²) in [5.41, 5.74) is 2.78. The quantitative estimate of drug-likeness (QED) is 0.425. The van der Waals surface area contributed by atoms with Crippen LogP contribution in [0.4, 0.5) is 14.6 Å². The summed E-state index contributed by atoms with van der Waals surface area (Å²) in [6.45, 7) is 0. The molecular formula is C23H17ClF2N4O. The number of carbonyl (C=O) groups excluding carboxylic acids is 1. The molecule has 0 unspecified atom stereocenters. The average Bonchev–Trinajstić information content (AvgIpc) is 3.52. The molecule has 1 amide bonds. The third kappa shape index (κ3) is 4.01. The molecule has 156 valence electrons. The summed E-state index contributed by atoms with van der Waals surface area (Å²) in [5, 5.41) is 3.57. The van der Waals surface area contributed by atoms with Gasteiger partial charge in [0.1, 0.15) is 23.1 Å². The van der Waals surface area contributed by atoms with Gasteiger partial charge < -0.3 is 10.3 Å². The molecule has 1 aromatic carbocycles. The van der Waals surface area contributed by atoms with Crippen LogP contribution >= 0.6 is 11.6 Å². The Morgan fingerprint density at radius 1 is 1.10 bits per heavy atom. The number of nitrogens with one attached hydrogen (secondary N) is 2. The Morgan fingerprint density at radius 3 is 2.68 bits per heavy atom. The lowest BCUT2D eigenvalue weighted by molar-refractivity contribution is -0.115. The Morgan fingerprint density at radius 2 is 1.94 bits per heavy atom. The highest BCUT2D eigenvalue weighted by Crippen LogP contribution is 2.43. The molecule has 2 N–H and O–H groups in total. The first-order valence-corrected chi connectivity index (χ1v) is 10.2. The minimum Gasteiger partial charge on any atom is -0.343 e. The van der Waals surface area contributed by atoms with Gasteiger partial charge in [-0.2, -0.15) is 0 Å². The number of amides is 1. The fourth-order valence-electron chi connectivity index (χ4n) is 3.56. The Hall–Kier alpha value is -3.32. The fraction of sp³-hybridized carbons (Fsp3) is 0.174. The van der Waals surface area contributed by atoms with Crippen LogP contribution in [0, 0.1) is 11.6 Å². The van der Waals surface area contributed by atoms with E-state index in [9.17, 15) is 13.6 Å². The van der Waals surface area contributed by atoms with Gasteiger partial charge in [0.2, 0.25) is 5.91 Å². The second kappa shape index (κ2) is 7.74. The van der Waals surface area contributed by atoms with Gasteiger partial charge >= 0.3 is 0 Å². The average molecular weight is 439 g/mol. The van der Waals surface area contributed by atoms with Crippen molar-refractivity contribution in [3.8, 4) is 11.1 Å². The molecule has 1 aliphatic carbocycles. The molecule has 0 spiro atoms. The SMILES string of the molecule is O=C(Cc1ccc(-c2cnc3[nH]cc(F)c3c2)cc1F)Nc1cc(Cl)c(C2CC2)cn1. The standard InChI is InChI=1S/C23H17ClF2N4O/c24-18-8-21(27-10-17(18)12-1-2-12)30-22(31)7-14-4-3-13(6-19(14)25)15-5-16-20(26)11-29-23(16)28-9-15/h3-6,8-12H,1-2,7H2,(H,28,29)(H,27,30,31). The van der Waals surface area contributed by atoms with Gasteiger partial charge in [-0.15, -0.1) is 0 Å². The van der Waals surface area contributed by atoms with Gasteiger partial charge in [0.05, 0.1) is 11.8 Å². The van der Waals surface area contributed by atoms with Gasteiger partial charge in [-0.25, -0.2) is 18.7 Å². The van der Waals surface area contributed by atoms with Crippen molar-refractivity contribution in [1.82, 2.24) is 15.0 Å². The lowest BCUT2D eigenvalue weighted by Crippen LogP contribution is -2.16. The van der Waals surface area contributed by atoms with Crippen LogP contribution in [0.15, 0.2) is 48.9 Å². The zero-order chi connectivity index (χ0) is 21.5. The maximum absolute atomic E-state index is 14.7. The maximum atomic E-state index is 14.7. The Balaban J connectivity index is 1.31. The van der Waals surface area contributed by atoms with Gasteiger partial charge in [-0.3, -0.25) is 4.79 Å². The van der Waals surface area contributed by atoms with Crippen LogP contribution in [0.1, 0.15) is 29.9 Å². The van der Waals surface area contributed by atoms with Crippen LogP contribution in [0.3, 0.4) is 0 Å². The summed E-state index contributed by atoms with van der Waals surface area (Å²) in [5.74, 6) is -0.549. The van der Waals surface area contributed by atoms with E-state index in [1.807, 2.05) is 0 Å². The van der Waals surface area contributed by atoms with Gasteiger partial charge in [0.25, 0.3) is 0 Å². The highest BCUT2D eigenvalue weighted by molar-refractivity contribution is 6.31. The van der Waals surface area contributed by atoms with Gasteiger partial charge in [-0.05, 0) is 53.6 Å². The summed E-state index contributed by atoms with van der Waals surface area (Å²) < 4.78 is 28.5. The van der Waals surface area contributed by atoms with Crippen molar-refractivity contribution in [3.63, 3.8) is 0 Å². The molecule has 0 atom stereocenters. The number of carbonyl (C=O) groups is 1. The van der Waals surface area contributed by atoms with Crippen LogP contribution in [-0.2, 0) is 11.2 Å². The van der Waals surface area contributed by atoms with Crippen molar-refractivity contribution in [2.75, 3.05) is 5.32 Å². The summed E-state index contributed by atoms with van der Waals surface area (Å²) in [6.07, 6.45) is 6.51. The summed E-state index contributed by atoms with van der Waals surface area (Å²) in [6, 6.07) is 7.76. The fourth-order valence-corrected chi connectivity index (χ4v) is 3.87. The lowest BCUT2D eigenvalue weighted by atomic mass is 10.0. The van der Waals surface area contributed by atoms with E-state index in [0.717, 1.165) is 18.4 Å². The van der Waals surface area contributed by atoms with E-state index >= 15 is 0 Å². The van der Waals surface area contributed by atoms with Gasteiger partial charge in [-0.1, -0.05) is 23.7 Å². The van der Waals surface area contributed by atoms with Crippen LogP contribution < -0.4 is 5.32 Å². The number of fused-ring (bicyclic) bond motifs is 1. The van der Waals surface area contributed by atoms with E-state index < -0.39 is 17.5 Å². The van der Waals surface area contributed by atoms with Gasteiger partial charge in [0, 0.05) is 29.2 Å². The Labute approximate surface area is 181 Å². The minimum absolute atomic E-state index is 0.153. The lowest BCUT2D eigenvalue weighted by Gasteiger charge is -2.09. The van der Waals surface area contributed by atoms with Crippen LogP contribution in [0.5, 0.6) is 0 Å². The molecule has 31 heavy (non-hydrogen) atoms. The molecular weight excluding hydrogens is 422 g/mol. The Kier molecular flexibility index (Phi) is 4.90. The van der Waals surface area contributed by atoms with Crippen molar-refractivity contribution < 1.29 is 13.6 Å². The molecule has 3 heterocycles. The van der Waals surface area contributed by atoms with Crippen molar-refractivity contribution in [2.24, 2.45) is 0 Å². The number of hydrogen-bond acceptors (Lipinski definition) is 3. The van der Waals surface area contributed by atoms with Crippen molar-refractivity contribution in [2.45, 2.75) is 25.2 Å². The first-order chi connectivity index (χ1) is 15.0. The van der Waals surface area contributed by atoms with E-state index in [2.05, 4.69) is 20.3 Å². The highest BCUT2D eigenvalue weighted by Gasteiger charge is 2.26. The third-order valence-electron chi connectivity index (χ3n) is 5.38. The first-order valence-electron chi connectivity index (χ1n) is 9.84.